The highest BCUT2D eigenvalue weighted by Gasteiger charge is 2.17. The van der Waals surface area contributed by atoms with E-state index in [4.69, 9.17) is 0 Å². The maximum absolute atomic E-state index is 11.3. The van der Waals surface area contributed by atoms with Crippen LogP contribution in [0.25, 0.3) is 0 Å². The molecule has 1 unspecified atom stereocenters. The van der Waals surface area contributed by atoms with E-state index in [1.54, 1.807) is 36.4 Å². The second-order valence-corrected chi connectivity index (χ2v) is 4.77. The quantitative estimate of drug-likeness (QED) is 0.651. The van der Waals surface area contributed by atoms with Gasteiger partial charge in [0.15, 0.2) is 0 Å². The van der Waals surface area contributed by atoms with E-state index in [0.717, 1.165) is 5.56 Å². The standard InChI is InChI=1S/C16H17NO4/c18-13-7-5-11(6-8-13)9-14(16(20)21)17-10-12-3-1-2-4-15(12)19/h1-8,14,17-19H,9-10H2,(H,20,21). The average molecular weight is 287 g/mol. The van der Waals surface area contributed by atoms with Gasteiger partial charge in [-0.05, 0) is 30.2 Å². The number of para-hydroxylation sites is 1. The Balaban J connectivity index is 2.01. The van der Waals surface area contributed by atoms with Crippen molar-refractivity contribution in [3.05, 3.63) is 59.7 Å². The maximum Gasteiger partial charge on any atom is 0.321 e. The molecule has 2 aromatic carbocycles. The highest BCUT2D eigenvalue weighted by molar-refractivity contribution is 5.74. The first-order valence-corrected chi connectivity index (χ1v) is 6.57. The molecular weight excluding hydrogens is 270 g/mol. The summed E-state index contributed by atoms with van der Waals surface area (Å²) in [6, 6.07) is 12.5. The molecule has 0 aliphatic heterocycles. The molecule has 0 aromatic heterocycles. The Labute approximate surface area is 122 Å². The monoisotopic (exact) mass is 287 g/mol. The lowest BCUT2D eigenvalue weighted by atomic mass is 10.1. The second kappa shape index (κ2) is 6.76. The Morgan fingerprint density at radius 2 is 1.71 bits per heavy atom. The highest BCUT2D eigenvalue weighted by Crippen LogP contribution is 2.16. The van der Waals surface area contributed by atoms with Crippen molar-refractivity contribution in [3.63, 3.8) is 0 Å². The number of nitrogens with one attached hydrogen (secondary N) is 1. The molecule has 5 nitrogen and oxygen atoms in total. The minimum atomic E-state index is -0.960. The van der Waals surface area contributed by atoms with Gasteiger partial charge in [-0.15, -0.1) is 0 Å². The van der Waals surface area contributed by atoms with E-state index in [1.807, 2.05) is 0 Å². The minimum absolute atomic E-state index is 0.138. The number of hydrogen-bond donors (Lipinski definition) is 4. The van der Waals surface area contributed by atoms with Gasteiger partial charge in [-0.1, -0.05) is 30.3 Å². The van der Waals surface area contributed by atoms with Crippen LogP contribution < -0.4 is 5.32 Å². The van der Waals surface area contributed by atoms with Crippen molar-refractivity contribution in [2.75, 3.05) is 0 Å². The smallest absolute Gasteiger partial charge is 0.321 e. The number of rotatable bonds is 6. The molecule has 0 radical (unpaired) electrons. The first-order valence-electron chi connectivity index (χ1n) is 6.57. The summed E-state index contributed by atoms with van der Waals surface area (Å²) in [5, 5.41) is 31.1. The summed E-state index contributed by atoms with van der Waals surface area (Å²) in [7, 11) is 0. The van der Waals surface area contributed by atoms with Crippen molar-refractivity contribution in [2.45, 2.75) is 19.0 Å². The van der Waals surface area contributed by atoms with Crippen molar-refractivity contribution < 1.29 is 20.1 Å². The van der Waals surface area contributed by atoms with Crippen molar-refractivity contribution in [1.82, 2.24) is 5.32 Å². The van der Waals surface area contributed by atoms with Gasteiger partial charge in [-0.3, -0.25) is 10.1 Å². The van der Waals surface area contributed by atoms with Crippen LogP contribution in [0, 0.1) is 0 Å². The Kier molecular flexibility index (Phi) is 4.79. The fraction of sp³-hybridized carbons (Fsp3) is 0.188. The predicted octanol–water partition coefficient (Wildman–Crippen LogP) is 1.88. The van der Waals surface area contributed by atoms with Crippen LogP contribution in [0.2, 0.25) is 0 Å². The third kappa shape index (κ3) is 4.22. The molecule has 21 heavy (non-hydrogen) atoms. The third-order valence-corrected chi connectivity index (χ3v) is 3.20. The normalized spacial score (nSPS) is 12.0. The summed E-state index contributed by atoms with van der Waals surface area (Å²) in [6.45, 7) is 0.266. The number of carboxylic acid groups (broad SMARTS) is 1. The zero-order chi connectivity index (χ0) is 15.2. The van der Waals surface area contributed by atoms with E-state index >= 15 is 0 Å². The predicted molar refractivity (Wildman–Crippen MR) is 78.2 cm³/mol. The van der Waals surface area contributed by atoms with Crippen molar-refractivity contribution in [1.29, 1.82) is 0 Å². The van der Waals surface area contributed by atoms with Crippen LogP contribution in [-0.2, 0) is 17.8 Å². The fourth-order valence-electron chi connectivity index (χ4n) is 2.01. The molecule has 0 heterocycles. The van der Waals surface area contributed by atoms with E-state index in [2.05, 4.69) is 5.32 Å². The first-order chi connectivity index (χ1) is 10.1. The van der Waals surface area contributed by atoms with Gasteiger partial charge in [-0.25, -0.2) is 0 Å². The summed E-state index contributed by atoms with van der Waals surface area (Å²) in [5.41, 5.74) is 1.46. The number of carboxylic acids is 1. The van der Waals surface area contributed by atoms with Crippen LogP contribution in [0.15, 0.2) is 48.5 Å². The third-order valence-electron chi connectivity index (χ3n) is 3.20. The van der Waals surface area contributed by atoms with Gasteiger partial charge < -0.3 is 15.3 Å². The summed E-state index contributed by atoms with van der Waals surface area (Å²) < 4.78 is 0. The molecule has 0 amide bonds. The molecule has 1 atom stereocenters. The van der Waals surface area contributed by atoms with Crippen LogP contribution in [-0.4, -0.2) is 27.3 Å². The largest absolute Gasteiger partial charge is 0.508 e. The van der Waals surface area contributed by atoms with E-state index in [9.17, 15) is 20.1 Å². The molecule has 4 N–H and O–H groups in total. The van der Waals surface area contributed by atoms with Gasteiger partial charge in [0.1, 0.15) is 17.5 Å². The molecule has 0 saturated heterocycles. The van der Waals surface area contributed by atoms with Crippen LogP contribution >= 0.6 is 0 Å². The SMILES string of the molecule is O=C(O)C(Cc1ccc(O)cc1)NCc1ccccc1O. The van der Waals surface area contributed by atoms with Gasteiger partial charge in [-0.2, -0.15) is 0 Å². The van der Waals surface area contributed by atoms with Crippen LogP contribution in [0.4, 0.5) is 0 Å². The van der Waals surface area contributed by atoms with Gasteiger partial charge >= 0.3 is 5.97 Å². The van der Waals surface area contributed by atoms with Crippen LogP contribution in [0.3, 0.4) is 0 Å². The van der Waals surface area contributed by atoms with Crippen molar-refractivity contribution in [3.8, 4) is 11.5 Å². The molecule has 0 saturated carbocycles. The molecule has 2 rings (SSSR count). The molecule has 0 fully saturated rings. The fourth-order valence-corrected chi connectivity index (χ4v) is 2.01. The molecule has 2 aromatic rings. The number of benzene rings is 2. The van der Waals surface area contributed by atoms with Gasteiger partial charge in [0, 0.05) is 12.1 Å². The van der Waals surface area contributed by atoms with Crippen LogP contribution in [0.1, 0.15) is 11.1 Å². The first kappa shape index (κ1) is 14.9. The second-order valence-electron chi connectivity index (χ2n) is 4.77. The number of hydrogen-bond acceptors (Lipinski definition) is 4. The Bertz CT molecular complexity index is 610. The molecule has 0 aliphatic rings. The zero-order valence-corrected chi connectivity index (χ0v) is 11.4. The van der Waals surface area contributed by atoms with E-state index < -0.39 is 12.0 Å². The van der Waals surface area contributed by atoms with Crippen molar-refractivity contribution in [2.24, 2.45) is 0 Å². The van der Waals surface area contributed by atoms with Gasteiger partial charge in [0.25, 0.3) is 0 Å². The number of aliphatic carboxylic acids is 1. The van der Waals surface area contributed by atoms with Crippen molar-refractivity contribution >= 4 is 5.97 Å². The van der Waals surface area contributed by atoms with Gasteiger partial charge in [0.05, 0.1) is 0 Å². The lowest BCUT2D eigenvalue weighted by molar-refractivity contribution is -0.139. The number of phenolic OH excluding ortho intramolecular Hbond substituents is 2. The minimum Gasteiger partial charge on any atom is -0.508 e. The summed E-state index contributed by atoms with van der Waals surface area (Å²) in [5.74, 6) is -0.676. The van der Waals surface area contributed by atoms with E-state index in [-0.39, 0.29) is 18.0 Å². The lowest BCUT2D eigenvalue weighted by Crippen LogP contribution is -2.38. The molecule has 0 bridgehead atoms. The number of carbonyl (C=O) groups is 1. The Hall–Kier alpha value is -2.53. The lowest BCUT2D eigenvalue weighted by Gasteiger charge is -2.15. The van der Waals surface area contributed by atoms with E-state index in [0.29, 0.717) is 12.0 Å². The molecule has 0 aliphatic carbocycles. The van der Waals surface area contributed by atoms with Crippen LogP contribution in [0.5, 0.6) is 11.5 Å². The molecule has 0 spiro atoms. The zero-order valence-electron chi connectivity index (χ0n) is 11.4. The van der Waals surface area contributed by atoms with Gasteiger partial charge in [0.2, 0.25) is 0 Å². The molecular formula is C16H17NO4. The Morgan fingerprint density at radius 3 is 2.33 bits per heavy atom. The highest BCUT2D eigenvalue weighted by atomic mass is 16.4. The summed E-state index contributed by atoms with van der Waals surface area (Å²) in [4.78, 5) is 11.3. The Morgan fingerprint density at radius 1 is 1.05 bits per heavy atom. The number of phenols is 2. The summed E-state index contributed by atoms with van der Waals surface area (Å²) in [6.07, 6.45) is 0.295. The number of aromatic hydroxyl groups is 2. The molecule has 5 heteroatoms. The molecule has 110 valence electrons. The average Bonchev–Trinajstić information content (AvgIpc) is 2.46. The topological polar surface area (TPSA) is 89.8 Å². The maximum atomic E-state index is 11.3. The van der Waals surface area contributed by atoms with E-state index in [1.165, 1.54) is 12.1 Å². The summed E-state index contributed by atoms with van der Waals surface area (Å²) >= 11 is 0.